The van der Waals surface area contributed by atoms with Crippen molar-refractivity contribution in [2.24, 2.45) is 5.73 Å². The van der Waals surface area contributed by atoms with E-state index in [1.54, 1.807) is 6.20 Å². The normalized spacial score (nSPS) is 17.6. The number of carbonyl (C=O) groups excluding carboxylic acids is 1. The van der Waals surface area contributed by atoms with E-state index in [0.717, 1.165) is 11.4 Å². The summed E-state index contributed by atoms with van der Waals surface area (Å²) in [6.45, 7) is 1.53. The second kappa shape index (κ2) is 6.19. The zero-order chi connectivity index (χ0) is 14.6. The maximum atomic E-state index is 12.1. The summed E-state index contributed by atoms with van der Waals surface area (Å²) in [6, 6.07) is 3.88. The van der Waals surface area contributed by atoms with Gasteiger partial charge in [0.25, 0.3) is 0 Å². The lowest BCUT2D eigenvalue weighted by molar-refractivity contribution is -0.129. The first-order valence-corrected chi connectivity index (χ1v) is 6.78. The summed E-state index contributed by atoms with van der Waals surface area (Å²) in [7, 11) is 3.88. The largest absolute Gasteiger partial charge is 0.381 e. The van der Waals surface area contributed by atoms with Crippen LogP contribution in [0.25, 0.3) is 0 Å². The molecule has 20 heavy (non-hydrogen) atoms. The standard InChI is InChI=1S/C14H22N4O2/c1-18(2)12-4-3-11(9-16-12)10-17-13(19)14(15)5-7-20-8-6-14/h3-4,9H,5-8,10,15H2,1-2H3,(H,17,19). The van der Waals surface area contributed by atoms with Crippen molar-refractivity contribution in [1.29, 1.82) is 0 Å². The fourth-order valence-electron chi connectivity index (χ4n) is 2.11. The van der Waals surface area contributed by atoms with Crippen molar-refractivity contribution in [2.45, 2.75) is 24.9 Å². The third-order valence-electron chi connectivity index (χ3n) is 3.56. The number of carbonyl (C=O) groups is 1. The van der Waals surface area contributed by atoms with Crippen LogP contribution in [0.1, 0.15) is 18.4 Å². The fourth-order valence-corrected chi connectivity index (χ4v) is 2.11. The van der Waals surface area contributed by atoms with E-state index in [1.165, 1.54) is 0 Å². The van der Waals surface area contributed by atoms with E-state index in [4.69, 9.17) is 10.5 Å². The summed E-state index contributed by atoms with van der Waals surface area (Å²) in [5, 5.41) is 2.88. The van der Waals surface area contributed by atoms with Crippen LogP contribution in [-0.4, -0.2) is 43.7 Å². The first kappa shape index (κ1) is 14.7. The third kappa shape index (κ3) is 3.46. The fraction of sp³-hybridized carbons (Fsp3) is 0.571. The quantitative estimate of drug-likeness (QED) is 0.826. The van der Waals surface area contributed by atoms with Crippen LogP contribution in [0.15, 0.2) is 18.3 Å². The summed E-state index contributed by atoms with van der Waals surface area (Å²) in [6.07, 6.45) is 2.90. The summed E-state index contributed by atoms with van der Waals surface area (Å²) >= 11 is 0. The number of nitrogens with one attached hydrogen (secondary N) is 1. The van der Waals surface area contributed by atoms with Gasteiger partial charge < -0.3 is 20.7 Å². The minimum absolute atomic E-state index is 0.113. The lowest BCUT2D eigenvalue weighted by Gasteiger charge is -2.31. The minimum Gasteiger partial charge on any atom is -0.381 e. The zero-order valence-electron chi connectivity index (χ0n) is 12.1. The van der Waals surface area contributed by atoms with Crippen LogP contribution in [0.2, 0.25) is 0 Å². The van der Waals surface area contributed by atoms with E-state index >= 15 is 0 Å². The Labute approximate surface area is 119 Å². The Kier molecular flexibility index (Phi) is 4.57. The lowest BCUT2D eigenvalue weighted by Crippen LogP contribution is -2.56. The second-order valence-corrected chi connectivity index (χ2v) is 5.37. The van der Waals surface area contributed by atoms with E-state index in [9.17, 15) is 4.79 Å². The highest BCUT2D eigenvalue weighted by Gasteiger charge is 2.35. The topological polar surface area (TPSA) is 80.5 Å². The Morgan fingerprint density at radius 1 is 1.45 bits per heavy atom. The highest BCUT2D eigenvalue weighted by molar-refractivity contribution is 5.86. The molecule has 1 aliphatic heterocycles. The first-order chi connectivity index (χ1) is 9.51. The van der Waals surface area contributed by atoms with Gasteiger partial charge in [-0.1, -0.05) is 6.07 Å². The number of pyridine rings is 1. The Hall–Kier alpha value is -1.66. The van der Waals surface area contributed by atoms with E-state index in [-0.39, 0.29) is 5.91 Å². The average molecular weight is 278 g/mol. The van der Waals surface area contributed by atoms with Crippen LogP contribution in [0.5, 0.6) is 0 Å². The summed E-state index contributed by atoms with van der Waals surface area (Å²) in [5.74, 6) is 0.775. The molecule has 0 aromatic carbocycles. The Morgan fingerprint density at radius 3 is 2.70 bits per heavy atom. The number of amides is 1. The van der Waals surface area contributed by atoms with E-state index in [1.807, 2.05) is 31.1 Å². The number of rotatable bonds is 4. The van der Waals surface area contributed by atoms with Crippen LogP contribution in [0, 0.1) is 0 Å². The Bertz CT molecular complexity index is 453. The van der Waals surface area contributed by atoms with Gasteiger partial charge in [0.2, 0.25) is 5.91 Å². The second-order valence-electron chi connectivity index (χ2n) is 5.37. The van der Waals surface area contributed by atoms with Gasteiger partial charge in [-0.25, -0.2) is 4.98 Å². The van der Waals surface area contributed by atoms with E-state index in [2.05, 4.69) is 10.3 Å². The molecule has 2 heterocycles. The molecule has 0 aliphatic carbocycles. The van der Waals surface area contributed by atoms with Crippen LogP contribution < -0.4 is 16.0 Å². The molecule has 1 aliphatic rings. The molecule has 0 radical (unpaired) electrons. The number of nitrogens with two attached hydrogens (primary N) is 1. The molecule has 1 aromatic rings. The summed E-state index contributed by atoms with van der Waals surface area (Å²) in [4.78, 5) is 18.4. The molecule has 0 unspecified atom stereocenters. The molecule has 1 saturated heterocycles. The molecule has 0 atom stereocenters. The number of anilines is 1. The molecule has 2 rings (SSSR count). The minimum atomic E-state index is -0.796. The van der Waals surface area contributed by atoms with Crippen LogP contribution in [0.4, 0.5) is 5.82 Å². The molecule has 3 N–H and O–H groups in total. The van der Waals surface area contributed by atoms with Crippen molar-refractivity contribution < 1.29 is 9.53 Å². The van der Waals surface area contributed by atoms with Crippen molar-refractivity contribution in [2.75, 3.05) is 32.2 Å². The number of aromatic nitrogens is 1. The van der Waals surface area contributed by atoms with Crippen molar-refractivity contribution in [3.63, 3.8) is 0 Å². The molecule has 6 nitrogen and oxygen atoms in total. The van der Waals surface area contributed by atoms with Gasteiger partial charge in [0.1, 0.15) is 5.82 Å². The number of nitrogens with zero attached hydrogens (tertiary/aromatic N) is 2. The molecule has 1 amide bonds. The highest BCUT2D eigenvalue weighted by atomic mass is 16.5. The molecule has 6 heteroatoms. The molecule has 0 saturated carbocycles. The van der Waals surface area contributed by atoms with Crippen molar-refractivity contribution in [1.82, 2.24) is 10.3 Å². The molecule has 1 aromatic heterocycles. The van der Waals surface area contributed by atoms with Gasteiger partial charge >= 0.3 is 0 Å². The van der Waals surface area contributed by atoms with Gasteiger partial charge in [-0.2, -0.15) is 0 Å². The smallest absolute Gasteiger partial charge is 0.240 e. The van der Waals surface area contributed by atoms with Crippen molar-refractivity contribution in [3.8, 4) is 0 Å². The van der Waals surface area contributed by atoms with Crippen LogP contribution in [-0.2, 0) is 16.1 Å². The predicted molar refractivity (Wildman–Crippen MR) is 77.4 cm³/mol. The van der Waals surface area contributed by atoms with Gasteiger partial charge in [0.15, 0.2) is 0 Å². The van der Waals surface area contributed by atoms with Gasteiger partial charge in [-0.05, 0) is 24.5 Å². The lowest BCUT2D eigenvalue weighted by atomic mass is 9.90. The third-order valence-corrected chi connectivity index (χ3v) is 3.56. The molecular weight excluding hydrogens is 256 g/mol. The van der Waals surface area contributed by atoms with Gasteiger partial charge in [0, 0.05) is 40.1 Å². The monoisotopic (exact) mass is 278 g/mol. The molecule has 1 fully saturated rings. The predicted octanol–water partition coefficient (Wildman–Crippen LogP) is 0.272. The van der Waals surface area contributed by atoms with Gasteiger partial charge in [0.05, 0.1) is 5.54 Å². The summed E-state index contributed by atoms with van der Waals surface area (Å²) < 4.78 is 5.24. The first-order valence-electron chi connectivity index (χ1n) is 6.78. The number of ether oxygens (including phenoxy) is 1. The SMILES string of the molecule is CN(C)c1ccc(CNC(=O)C2(N)CCOCC2)cn1. The van der Waals surface area contributed by atoms with Crippen molar-refractivity contribution in [3.05, 3.63) is 23.9 Å². The maximum absolute atomic E-state index is 12.1. The van der Waals surface area contributed by atoms with Crippen LogP contribution in [0.3, 0.4) is 0 Å². The van der Waals surface area contributed by atoms with E-state index in [0.29, 0.717) is 32.6 Å². The summed E-state index contributed by atoms with van der Waals surface area (Å²) in [5.41, 5.74) is 6.28. The van der Waals surface area contributed by atoms with Crippen molar-refractivity contribution >= 4 is 11.7 Å². The zero-order valence-corrected chi connectivity index (χ0v) is 12.1. The average Bonchev–Trinajstić information content (AvgIpc) is 2.46. The maximum Gasteiger partial charge on any atom is 0.240 e. The van der Waals surface area contributed by atoms with E-state index < -0.39 is 5.54 Å². The van der Waals surface area contributed by atoms with Gasteiger partial charge in [-0.3, -0.25) is 4.79 Å². The van der Waals surface area contributed by atoms with Crippen LogP contribution >= 0.6 is 0 Å². The Morgan fingerprint density at radius 2 is 2.15 bits per heavy atom. The molecule has 110 valence electrons. The molecule has 0 spiro atoms. The Balaban J connectivity index is 1.89. The number of hydrogen-bond donors (Lipinski definition) is 2. The molecule has 0 bridgehead atoms. The highest BCUT2D eigenvalue weighted by Crippen LogP contribution is 2.18. The van der Waals surface area contributed by atoms with Gasteiger partial charge in [-0.15, -0.1) is 0 Å². The number of hydrogen-bond acceptors (Lipinski definition) is 5. The molecular formula is C14H22N4O2.